The van der Waals surface area contributed by atoms with Gasteiger partial charge in [0.05, 0.1) is 16.7 Å². The van der Waals surface area contributed by atoms with E-state index in [9.17, 15) is 13.2 Å². The Morgan fingerprint density at radius 1 is 1.06 bits per heavy atom. The summed E-state index contributed by atoms with van der Waals surface area (Å²) in [5, 5.41) is 2.84. The van der Waals surface area contributed by atoms with E-state index in [0.29, 0.717) is 37.8 Å². The maximum absolute atomic E-state index is 13.4. The topological polar surface area (TPSA) is 75.7 Å². The molecule has 2 aromatic rings. The number of hydrogen-bond donors (Lipinski definition) is 1. The first-order chi connectivity index (χ1) is 15.0. The van der Waals surface area contributed by atoms with Crippen LogP contribution in [0.3, 0.4) is 0 Å². The lowest BCUT2D eigenvalue weighted by atomic mass is 10.1. The number of amides is 1. The van der Waals surface area contributed by atoms with Gasteiger partial charge < -0.3 is 10.1 Å². The molecule has 0 radical (unpaired) electrons. The van der Waals surface area contributed by atoms with Crippen molar-refractivity contribution in [3.63, 3.8) is 0 Å². The maximum atomic E-state index is 13.4. The molecule has 1 amide bonds. The Morgan fingerprint density at radius 3 is 2.45 bits per heavy atom. The van der Waals surface area contributed by atoms with Gasteiger partial charge in [0, 0.05) is 13.2 Å². The van der Waals surface area contributed by atoms with Crippen molar-refractivity contribution in [3.8, 4) is 0 Å². The summed E-state index contributed by atoms with van der Waals surface area (Å²) < 4.78 is 33.8. The highest BCUT2D eigenvalue weighted by Crippen LogP contribution is 2.27. The lowest BCUT2D eigenvalue weighted by molar-refractivity contribution is -0.119. The number of nitrogens with zero attached hydrogens (tertiary/aromatic N) is 1. The minimum Gasteiger partial charge on any atom is -0.378 e. The van der Waals surface area contributed by atoms with Gasteiger partial charge in [0.2, 0.25) is 5.91 Å². The Kier molecular flexibility index (Phi) is 8.49. The van der Waals surface area contributed by atoms with Crippen molar-refractivity contribution in [2.24, 2.45) is 0 Å². The summed E-state index contributed by atoms with van der Waals surface area (Å²) in [7, 11) is -3.88. The van der Waals surface area contributed by atoms with Crippen LogP contribution in [0.5, 0.6) is 0 Å². The molecule has 168 valence electrons. The highest BCUT2D eigenvalue weighted by Gasteiger charge is 2.28. The molecule has 1 aliphatic carbocycles. The molecule has 0 heterocycles. The third-order valence-corrected chi connectivity index (χ3v) is 7.33. The number of nitrogens with one attached hydrogen (secondary N) is 1. The van der Waals surface area contributed by atoms with Gasteiger partial charge in [-0.3, -0.25) is 9.10 Å². The zero-order chi connectivity index (χ0) is 22.1. The van der Waals surface area contributed by atoms with Gasteiger partial charge in [0.25, 0.3) is 10.0 Å². The van der Waals surface area contributed by atoms with E-state index in [-0.39, 0.29) is 17.3 Å². The fourth-order valence-electron chi connectivity index (χ4n) is 3.86. The number of para-hydroxylation sites is 1. The largest absolute Gasteiger partial charge is 0.378 e. The highest BCUT2D eigenvalue weighted by atomic mass is 32.2. The minimum atomic E-state index is -3.88. The first-order valence-corrected chi connectivity index (χ1v) is 12.5. The molecule has 1 N–H and O–H groups in total. The quantitative estimate of drug-likeness (QED) is 0.533. The van der Waals surface area contributed by atoms with Gasteiger partial charge in [-0.1, -0.05) is 56.2 Å². The predicted molar refractivity (Wildman–Crippen MR) is 123 cm³/mol. The third kappa shape index (κ3) is 6.31. The smallest absolute Gasteiger partial charge is 0.264 e. The molecule has 2 aromatic carbocycles. The van der Waals surface area contributed by atoms with E-state index in [4.69, 9.17) is 4.74 Å². The molecule has 0 saturated heterocycles. The van der Waals surface area contributed by atoms with E-state index < -0.39 is 10.0 Å². The number of carbonyl (C=O) groups excluding carboxylic acids is 1. The normalized spacial score (nSPS) is 14.5. The van der Waals surface area contributed by atoms with Gasteiger partial charge in [-0.2, -0.15) is 0 Å². The highest BCUT2D eigenvalue weighted by molar-refractivity contribution is 7.92. The van der Waals surface area contributed by atoms with E-state index in [1.807, 2.05) is 19.1 Å². The number of hydrogen-bond acceptors (Lipinski definition) is 4. The Labute approximate surface area is 185 Å². The summed E-state index contributed by atoms with van der Waals surface area (Å²) in [5.41, 5.74) is 1.41. The summed E-state index contributed by atoms with van der Waals surface area (Å²) in [6.45, 7) is 2.77. The summed E-state index contributed by atoms with van der Waals surface area (Å²) in [5.74, 6) is -0.328. The molecular formula is C24H32N2O4S. The average Bonchev–Trinajstić information content (AvgIpc) is 3.31. The van der Waals surface area contributed by atoms with Gasteiger partial charge in [-0.25, -0.2) is 8.42 Å². The summed E-state index contributed by atoms with van der Waals surface area (Å²) >= 11 is 0. The van der Waals surface area contributed by atoms with Crippen LogP contribution >= 0.6 is 0 Å². The molecule has 1 saturated carbocycles. The van der Waals surface area contributed by atoms with Crippen molar-refractivity contribution in [3.05, 3.63) is 60.2 Å². The molecule has 31 heavy (non-hydrogen) atoms. The molecule has 0 spiro atoms. The fourth-order valence-corrected chi connectivity index (χ4v) is 5.34. The molecule has 6 nitrogen and oxygen atoms in total. The van der Waals surface area contributed by atoms with Crippen LogP contribution in [-0.2, 0) is 26.0 Å². The molecule has 0 unspecified atom stereocenters. The average molecular weight is 445 g/mol. The Bertz CT molecular complexity index is 941. The summed E-state index contributed by atoms with van der Waals surface area (Å²) in [4.78, 5) is 12.8. The van der Waals surface area contributed by atoms with E-state index in [1.54, 1.807) is 42.5 Å². The van der Waals surface area contributed by atoms with Crippen LogP contribution in [0, 0.1) is 0 Å². The monoisotopic (exact) mass is 444 g/mol. The van der Waals surface area contributed by atoms with Crippen molar-refractivity contribution in [1.29, 1.82) is 0 Å². The van der Waals surface area contributed by atoms with Crippen LogP contribution in [0.25, 0.3) is 0 Å². The second-order valence-electron chi connectivity index (χ2n) is 7.79. The second kappa shape index (κ2) is 11.3. The molecule has 0 aliphatic heterocycles. The lowest BCUT2D eigenvalue weighted by Gasteiger charge is -2.26. The van der Waals surface area contributed by atoms with Gasteiger partial charge in [0.1, 0.15) is 6.54 Å². The maximum Gasteiger partial charge on any atom is 0.264 e. The number of sulfonamides is 1. The van der Waals surface area contributed by atoms with E-state index in [2.05, 4.69) is 5.32 Å². The standard InChI is InChI=1S/C24H32N2O4S/c1-2-20-11-6-9-16-23(20)26(31(28,29)22-14-4-3-5-15-22)19-24(27)25-17-10-18-30-21-12-7-8-13-21/h3-6,9,11,14-16,21H,2,7-8,10,12-13,17-19H2,1H3,(H,25,27). The Balaban J connectivity index is 1.67. The van der Waals surface area contributed by atoms with Crippen molar-refractivity contribution in [1.82, 2.24) is 5.32 Å². The SMILES string of the molecule is CCc1ccccc1N(CC(=O)NCCCOC1CCCC1)S(=O)(=O)c1ccccc1. The molecule has 1 fully saturated rings. The molecule has 0 aromatic heterocycles. The van der Waals surface area contributed by atoms with Gasteiger partial charge in [0.15, 0.2) is 0 Å². The number of ether oxygens (including phenoxy) is 1. The summed E-state index contributed by atoms with van der Waals surface area (Å²) in [6, 6.07) is 15.5. The molecule has 0 atom stereocenters. The molecule has 7 heteroatoms. The number of rotatable bonds is 11. The Hall–Kier alpha value is -2.38. The second-order valence-corrected chi connectivity index (χ2v) is 9.65. The lowest BCUT2D eigenvalue weighted by Crippen LogP contribution is -2.41. The zero-order valence-corrected chi connectivity index (χ0v) is 18.9. The summed E-state index contributed by atoms with van der Waals surface area (Å²) in [6.07, 6.45) is 6.42. The predicted octanol–water partition coefficient (Wildman–Crippen LogP) is 3.91. The minimum absolute atomic E-state index is 0.165. The number of carbonyl (C=O) groups is 1. The van der Waals surface area contributed by atoms with E-state index in [1.165, 1.54) is 17.1 Å². The molecular weight excluding hydrogens is 412 g/mol. The van der Waals surface area contributed by atoms with Crippen LogP contribution in [0.4, 0.5) is 5.69 Å². The van der Waals surface area contributed by atoms with Crippen LogP contribution in [0.2, 0.25) is 0 Å². The molecule has 0 bridgehead atoms. The van der Waals surface area contributed by atoms with Gasteiger partial charge in [-0.15, -0.1) is 0 Å². The molecule has 1 aliphatic rings. The number of aryl methyl sites for hydroxylation is 1. The molecule has 3 rings (SSSR count). The van der Waals surface area contributed by atoms with Gasteiger partial charge in [-0.05, 0) is 49.4 Å². The van der Waals surface area contributed by atoms with Crippen molar-refractivity contribution < 1.29 is 17.9 Å². The first kappa shape index (κ1) is 23.3. The first-order valence-electron chi connectivity index (χ1n) is 11.1. The van der Waals surface area contributed by atoms with Crippen LogP contribution < -0.4 is 9.62 Å². The number of benzene rings is 2. The third-order valence-electron chi connectivity index (χ3n) is 5.56. The van der Waals surface area contributed by atoms with E-state index >= 15 is 0 Å². The van der Waals surface area contributed by atoms with Crippen molar-refractivity contribution in [2.75, 3.05) is 24.0 Å². The van der Waals surface area contributed by atoms with Gasteiger partial charge >= 0.3 is 0 Å². The van der Waals surface area contributed by atoms with Crippen LogP contribution in [0.15, 0.2) is 59.5 Å². The van der Waals surface area contributed by atoms with Crippen molar-refractivity contribution in [2.45, 2.75) is 56.4 Å². The van der Waals surface area contributed by atoms with Crippen molar-refractivity contribution >= 4 is 21.6 Å². The van der Waals surface area contributed by atoms with Crippen LogP contribution in [-0.4, -0.2) is 40.1 Å². The zero-order valence-electron chi connectivity index (χ0n) is 18.1. The Morgan fingerprint density at radius 2 is 1.74 bits per heavy atom. The van der Waals surface area contributed by atoms with Crippen LogP contribution in [0.1, 0.15) is 44.6 Å². The van der Waals surface area contributed by atoms with E-state index in [0.717, 1.165) is 18.4 Å². The fraction of sp³-hybridized carbons (Fsp3) is 0.458. The number of anilines is 1.